The minimum atomic E-state index is -0.589. The monoisotopic (exact) mass is 501 g/mol. The smallest absolute Gasteiger partial charge is 0.227 e. The molecule has 0 aliphatic heterocycles. The Morgan fingerprint density at radius 2 is 1.77 bits per heavy atom. The maximum atomic E-state index is 10.6. The molecule has 190 valence electrons. The second kappa shape index (κ2) is 12.9. The molecule has 1 atom stereocenters. The topological polar surface area (TPSA) is 69.0 Å². The average Bonchev–Trinajstić information content (AvgIpc) is 3.13. The van der Waals surface area contributed by atoms with Crippen molar-refractivity contribution >= 4 is 11.6 Å². The molecule has 0 spiro atoms. The Morgan fingerprint density at radius 3 is 2.40 bits per heavy atom. The summed E-state index contributed by atoms with van der Waals surface area (Å²) >= 11 is 6.12. The fourth-order valence-corrected chi connectivity index (χ4v) is 3.94. The van der Waals surface area contributed by atoms with Crippen molar-refractivity contribution in [2.75, 3.05) is 26.8 Å². The predicted molar refractivity (Wildman–Crippen MR) is 139 cm³/mol. The third-order valence-electron chi connectivity index (χ3n) is 5.50. The van der Waals surface area contributed by atoms with Gasteiger partial charge in [0.25, 0.3) is 0 Å². The van der Waals surface area contributed by atoms with Gasteiger partial charge in [-0.1, -0.05) is 30.7 Å². The molecule has 7 nitrogen and oxygen atoms in total. The van der Waals surface area contributed by atoms with Crippen LogP contribution in [-0.4, -0.2) is 58.8 Å². The van der Waals surface area contributed by atoms with Crippen molar-refractivity contribution in [1.82, 2.24) is 14.7 Å². The molecule has 1 aromatic heterocycles. The molecule has 0 amide bonds. The zero-order chi connectivity index (χ0) is 25.4. The van der Waals surface area contributed by atoms with E-state index in [1.54, 1.807) is 11.8 Å². The molecule has 0 aliphatic carbocycles. The Kier molecular flexibility index (Phi) is 9.98. The lowest BCUT2D eigenvalue weighted by molar-refractivity contribution is -0.00957. The number of para-hydroxylation sites is 2. The second-order valence-corrected chi connectivity index (χ2v) is 9.22. The van der Waals surface area contributed by atoms with Crippen molar-refractivity contribution in [3.8, 4) is 23.1 Å². The molecule has 3 aromatic rings. The largest absolute Gasteiger partial charge is 0.493 e. The van der Waals surface area contributed by atoms with Crippen molar-refractivity contribution in [3.05, 3.63) is 64.8 Å². The first-order chi connectivity index (χ1) is 16.8. The molecule has 1 N–H and O–H groups in total. The zero-order valence-corrected chi connectivity index (χ0v) is 22.0. The summed E-state index contributed by atoms with van der Waals surface area (Å²) in [4.78, 5) is 2.21. The summed E-state index contributed by atoms with van der Waals surface area (Å²) in [6.45, 7) is 10.2. The lowest BCUT2D eigenvalue weighted by Gasteiger charge is -2.25. The van der Waals surface area contributed by atoms with E-state index in [-0.39, 0.29) is 6.10 Å². The van der Waals surface area contributed by atoms with E-state index < -0.39 is 6.10 Å². The summed E-state index contributed by atoms with van der Waals surface area (Å²) in [7, 11) is 1.62. The van der Waals surface area contributed by atoms with E-state index in [0.717, 1.165) is 29.9 Å². The highest BCUT2D eigenvalue weighted by Gasteiger charge is 2.23. The highest BCUT2D eigenvalue weighted by molar-refractivity contribution is 6.30. The number of benzene rings is 2. The number of hydrogen-bond donors (Lipinski definition) is 1. The summed E-state index contributed by atoms with van der Waals surface area (Å²) in [5, 5.41) is 16.0. The molecular formula is C27H36ClN3O4. The molecule has 3 rings (SSSR count). The Morgan fingerprint density at radius 1 is 1.09 bits per heavy atom. The SMILES string of the molecule is CCCN(Cc1c(C)nn(-c2ccc(Cl)cc2)c1Oc1ccccc1OC)CC(O)COC(C)C. The molecule has 0 aliphatic rings. The number of aliphatic hydroxyl groups excluding tert-OH is 1. The first-order valence-electron chi connectivity index (χ1n) is 12.0. The molecule has 1 heterocycles. The van der Waals surface area contributed by atoms with Gasteiger partial charge in [0.05, 0.1) is 42.9 Å². The van der Waals surface area contributed by atoms with Crippen LogP contribution in [0, 0.1) is 6.92 Å². The van der Waals surface area contributed by atoms with Gasteiger partial charge in [-0.3, -0.25) is 4.90 Å². The quantitative estimate of drug-likeness (QED) is 0.327. The summed E-state index contributed by atoms with van der Waals surface area (Å²) < 4.78 is 19.4. The van der Waals surface area contributed by atoms with E-state index in [9.17, 15) is 5.11 Å². The number of aryl methyl sites for hydroxylation is 1. The van der Waals surface area contributed by atoms with Crippen LogP contribution in [-0.2, 0) is 11.3 Å². The van der Waals surface area contributed by atoms with Gasteiger partial charge in [0, 0.05) is 18.1 Å². The Hall–Kier alpha value is -2.58. The van der Waals surface area contributed by atoms with Crippen molar-refractivity contribution in [3.63, 3.8) is 0 Å². The van der Waals surface area contributed by atoms with Crippen LogP contribution in [0.2, 0.25) is 5.02 Å². The lowest BCUT2D eigenvalue weighted by Crippen LogP contribution is -2.35. The van der Waals surface area contributed by atoms with E-state index >= 15 is 0 Å². The summed E-state index contributed by atoms with van der Waals surface area (Å²) in [6, 6.07) is 15.0. The molecule has 8 heteroatoms. The normalized spacial score (nSPS) is 12.4. The third kappa shape index (κ3) is 7.45. The van der Waals surface area contributed by atoms with Crippen molar-refractivity contribution in [2.45, 2.75) is 52.9 Å². The molecule has 2 aromatic carbocycles. The van der Waals surface area contributed by atoms with Gasteiger partial charge in [-0.15, -0.1) is 0 Å². The van der Waals surface area contributed by atoms with E-state index in [0.29, 0.717) is 42.1 Å². The molecular weight excluding hydrogens is 466 g/mol. The van der Waals surface area contributed by atoms with E-state index in [4.69, 9.17) is 30.9 Å². The Labute approximate surface area is 213 Å². The van der Waals surface area contributed by atoms with Gasteiger partial charge in [0.2, 0.25) is 5.88 Å². The molecule has 35 heavy (non-hydrogen) atoms. The van der Waals surface area contributed by atoms with Crippen LogP contribution >= 0.6 is 11.6 Å². The highest BCUT2D eigenvalue weighted by Crippen LogP contribution is 2.36. The number of methoxy groups -OCH3 is 1. The van der Waals surface area contributed by atoms with E-state index in [2.05, 4.69) is 11.8 Å². The van der Waals surface area contributed by atoms with Crippen LogP contribution in [0.15, 0.2) is 48.5 Å². The predicted octanol–water partition coefficient (Wildman–Crippen LogP) is 5.63. The molecule has 0 fully saturated rings. The highest BCUT2D eigenvalue weighted by atomic mass is 35.5. The summed E-state index contributed by atoms with van der Waals surface area (Å²) in [6.07, 6.45) is 0.435. The van der Waals surface area contributed by atoms with Gasteiger partial charge in [0.1, 0.15) is 0 Å². The average molecular weight is 502 g/mol. The lowest BCUT2D eigenvalue weighted by atomic mass is 10.2. The van der Waals surface area contributed by atoms with Crippen LogP contribution in [0.5, 0.6) is 17.4 Å². The number of aromatic nitrogens is 2. The molecule has 0 saturated carbocycles. The van der Waals surface area contributed by atoms with Crippen molar-refractivity contribution in [1.29, 1.82) is 0 Å². The van der Waals surface area contributed by atoms with Crippen LogP contribution in [0.1, 0.15) is 38.4 Å². The third-order valence-corrected chi connectivity index (χ3v) is 5.75. The fraction of sp³-hybridized carbons (Fsp3) is 0.444. The molecule has 0 bridgehead atoms. The first kappa shape index (κ1) is 27.0. The molecule has 0 saturated heterocycles. The first-order valence-corrected chi connectivity index (χ1v) is 12.4. The Balaban J connectivity index is 1.98. The summed E-state index contributed by atoms with van der Waals surface area (Å²) in [5.74, 6) is 1.83. The maximum absolute atomic E-state index is 10.6. The van der Waals surface area contributed by atoms with Crippen LogP contribution in [0.25, 0.3) is 5.69 Å². The van der Waals surface area contributed by atoms with Gasteiger partial charge in [-0.05, 0) is 70.1 Å². The fourth-order valence-electron chi connectivity index (χ4n) is 3.82. The van der Waals surface area contributed by atoms with Gasteiger partial charge in [-0.25, -0.2) is 4.68 Å². The standard InChI is InChI=1S/C27H36ClN3O4/c1-6-15-30(16-23(32)18-34-19(2)3)17-24-20(4)29-31(22-13-11-21(28)12-14-22)27(24)35-26-10-8-7-9-25(26)33-5/h7-14,19,23,32H,6,15-18H2,1-5H3. The molecule has 0 radical (unpaired) electrons. The minimum Gasteiger partial charge on any atom is -0.493 e. The van der Waals surface area contributed by atoms with Crippen LogP contribution in [0.4, 0.5) is 0 Å². The van der Waals surface area contributed by atoms with Gasteiger partial charge in [-0.2, -0.15) is 5.10 Å². The van der Waals surface area contributed by atoms with Crippen molar-refractivity contribution in [2.24, 2.45) is 0 Å². The number of ether oxygens (including phenoxy) is 3. The van der Waals surface area contributed by atoms with Gasteiger partial charge < -0.3 is 19.3 Å². The number of aliphatic hydroxyl groups is 1. The Bertz CT molecular complexity index is 1070. The number of halogens is 1. The van der Waals surface area contributed by atoms with E-state index in [1.807, 2.05) is 69.3 Å². The zero-order valence-electron chi connectivity index (χ0n) is 21.2. The van der Waals surface area contributed by atoms with Crippen LogP contribution < -0.4 is 9.47 Å². The maximum Gasteiger partial charge on any atom is 0.227 e. The van der Waals surface area contributed by atoms with E-state index in [1.165, 1.54) is 0 Å². The molecule has 1 unspecified atom stereocenters. The minimum absolute atomic E-state index is 0.0741. The second-order valence-electron chi connectivity index (χ2n) is 8.78. The number of rotatable bonds is 13. The van der Waals surface area contributed by atoms with Crippen LogP contribution in [0.3, 0.4) is 0 Å². The van der Waals surface area contributed by atoms with Gasteiger partial charge in [0.15, 0.2) is 11.5 Å². The number of nitrogens with zero attached hydrogens (tertiary/aromatic N) is 3. The van der Waals surface area contributed by atoms with Gasteiger partial charge >= 0.3 is 0 Å². The summed E-state index contributed by atoms with van der Waals surface area (Å²) in [5.41, 5.74) is 2.62. The number of hydrogen-bond acceptors (Lipinski definition) is 6. The van der Waals surface area contributed by atoms with Crippen molar-refractivity contribution < 1.29 is 19.3 Å².